The average Bonchev–Trinajstić information content (AvgIpc) is 2.98. The number of benzene rings is 2. The molecule has 0 saturated carbocycles. The number of rotatable bonds is 2. The van der Waals surface area contributed by atoms with Crippen LogP contribution in [-0.4, -0.2) is 23.9 Å². The van der Waals surface area contributed by atoms with Crippen LogP contribution in [0.1, 0.15) is 28.3 Å². The molecule has 0 N–H and O–H groups in total. The Morgan fingerprint density at radius 2 is 1.75 bits per heavy atom. The predicted molar refractivity (Wildman–Crippen MR) is 81.2 cm³/mol. The van der Waals surface area contributed by atoms with E-state index in [-0.39, 0.29) is 5.91 Å². The molecule has 0 bridgehead atoms. The first-order chi connectivity index (χ1) is 9.75. The summed E-state index contributed by atoms with van der Waals surface area (Å²) in [4.78, 5) is 14.4. The summed E-state index contributed by atoms with van der Waals surface area (Å²) in [6.45, 7) is 1.57. The third-order valence-electron chi connectivity index (χ3n) is 3.85. The molecule has 3 rings (SSSR count). The van der Waals surface area contributed by atoms with Crippen LogP contribution in [0.4, 0.5) is 0 Å². The van der Waals surface area contributed by atoms with E-state index < -0.39 is 0 Å². The lowest BCUT2D eigenvalue weighted by Crippen LogP contribution is -2.28. The van der Waals surface area contributed by atoms with Gasteiger partial charge < -0.3 is 4.90 Å². The van der Waals surface area contributed by atoms with Crippen molar-refractivity contribution >= 4 is 17.5 Å². The number of halogens is 1. The molecule has 1 unspecified atom stereocenters. The Kier molecular flexibility index (Phi) is 3.75. The summed E-state index contributed by atoms with van der Waals surface area (Å²) in [7, 11) is 0. The molecule has 0 aliphatic carbocycles. The predicted octanol–water partition coefficient (Wildman–Crippen LogP) is 3.97. The van der Waals surface area contributed by atoms with Gasteiger partial charge in [0.15, 0.2) is 0 Å². The molecule has 2 aromatic carbocycles. The van der Waals surface area contributed by atoms with E-state index in [4.69, 9.17) is 11.6 Å². The molecule has 3 heteroatoms. The van der Waals surface area contributed by atoms with Crippen LogP contribution in [-0.2, 0) is 0 Å². The van der Waals surface area contributed by atoms with E-state index in [0.29, 0.717) is 16.5 Å². The normalized spacial score (nSPS) is 18.2. The van der Waals surface area contributed by atoms with Crippen LogP contribution in [0.25, 0.3) is 0 Å². The summed E-state index contributed by atoms with van der Waals surface area (Å²) in [5, 5.41) is 0.528. The number of carbonyl (C=O) groups is 1. The number of hydrogen-bond acceptors (Lipinski definition) is 1. The highest BCUT2D eigenvalue weighted by Gasteiger charge is 2.28. The summed E-state index contributed by atoms with van der Waals surface area (Å²) in [6.07, 6.45) is 1.01. The van der Waals surface area contributed by atoms with Gasteiger partial charge in [0.2, 0.25) is 0 Å². The lowest BCUT2D eigenvalue weighted by atomic mass is 9.99. The fraction of sp³-hybridized carbons (Fsp3) is 0.235. The van der Waals surface area contributed by atoms with Crippen molar-refractivity contribution in [2.45, 2.75) is 12.3 Å². The summed E-state index contributed by atoms with van der Waals surface area (Å²) >= 11 is 6.10. The van der Waals surface area contributed by atoms with Gasteiger partial charge in [0.05, 0.1) is 10.6 Å². The maximum absolute atomic E-state index is 12.5. The molecule has 1 saturated heterocycles. The van der Waals surface area contributed by atoms with Crippen LogP contribution in [0.15, 0.2) is 54.6 Å². The van der Waals surface area contributed by atoms with Crippen molar-refractivity contribution < 1.29 is 4.79 Å². The Morgan fingerprint density at radius 3 is 2.50 bits per heavy atom. The first-order valence-corrected chi connectivity index (χ1v) is 7.22. The van der Waals surface area contributed by atoms with Crippen LogP contribution in [0.2, 0.25) is 5.02 Å². The van der Waals surface area contributed by atoms with E-state index >= 15 is 0 Å². The molecule has 1 atom stereocenters. The highest BCUT2D eigenvalue weighted by molar-refractivity contribution is 6.33. The van der Waals surface area contributed by atoms with Gasteiger partial charge in [0.25, 0.3) is 5.91 Å². The smallest absolute Gasteiger partial charge is 0.255 e. The van der Waals surface area contributed by atoms with Crippen molar-refractivity contribution in [1.29, 1.82) is 0 Å². The molecule has 20 heavy (non-hydrogen) atoms. The average molecular weight is 286 g/mol. The first kappa shape index (κ1) is 13.2. The topological polar surface area (TPSA) is 20.3 Å². The third-order valence-corrected chi connectivity index (χ3v) is 4.18. The monoisotopic (exact) mass is 285 g/mol. The Morgan fingerprint density at radius 1 is 1.05 bits per heavy atom. The van der Waals surface area contributed by atoms with E-state index in [2.05, 4.69) is 12.1 Å². The molecule has 0 radical (unpaired) electrons. The van der Waals surface area contributed by atoms with E-state index in [1.165, 1.54) is 5.56 Å². The van der Waals surface area contributed by atoms with Gasteiger partial charge in [-0.05, 0) is 24.1 Å². The minimum absolute atomic E-state index is 0.0361. The van der Waals surface area contributed by atoms with Crippen LogP contribution in [0.3, 0.4) is 0 Å². The quantitative estimate of drug-likeness (QED) is 0.817. The summed E-state index contributed by atoms with van der Waals surface area (Å²) in [6, 6.07) is 17.6. The molecule has 1 aliphatic heterocycles. The molecule has 2 aromatic rings. The van der Waals surface area contributed by atoms with Crippen molar-refractivity contribution in [3.63, 3.8) is 0 Å². The molecular weight excluding hydrogens is 270 g/mol. The lowest BCUT2D eigenvalue weighted by Gasteiger charge is -2.17. The van der Waals surface area contributed by atoms with Crippen LogP contribution in [0, 0.1) is 0 Å². The van der Waals surface area contributed by atoms with Gasteiger partial charge in [-0.3, -0.25) is 4.79 Å². The van der Waals surface area contributed by atoms with Gasteiger partial charge in [0, 0.05) is 19.0 Å². The first-order valence-electron chi connectivity index (χ1n) is 6.84. The molecule has 102 valence electrons. The fourth-order valence-corrected chi connectivity index (χ4v) is 2.96. The molecule has 1 fully saturated rings. The van der Waals surface area contributed by atoms with E-state index in [1.807, 2.05) is 35.2 Å². The number of amides is 1. The summed E-state index contributed by atoms with van der Waals surface area (Å²) in [5.74, 6) is 0.469. The summed E-state index contributed by atoms with van der Waals surface area (Å²) < 4.78 is 0. The second kappa shape index (κ2) is 5.68. The summed E-state index contributed by atoms with van der Waals surface area (Å²) in [5.41, 5.74) is 1.91. The zero-order valence-corrected chi connectivity index (χ0v) is 11.9. The maximum atomic E-state index is 12.5. The van der Waals surface area contributed by atoms with E-state index in [9.17, 15) is 4.79 Å². The van der Waals surface area contributed by atoms with Crippen LogP contribution in [0.5, 0.6) is 0 Å². The molecule has 0 spiro atoms. The Hall–Kier alpha value is -1.80. The molecule has 1 heterocycles. The Balaban J connectivity index is 1.75. The zero-order valence-electron chi connectivity index (χ0n) is 11.1. The number of hydrogen-bond donors (Lipinski definition) is 0. The molecule has 0 aromatic heterocycles. The number of carbonyl (C=O) groups excluding carboxylic acids is 1. The van der Waals surface area contributed by atoms with Crippen molar-refractivity contribution in [2.75, 3.05) is 13.1 Å². The Bertz CT molecular complexity index is 611. The minimum Gasteiger partial charge on any atom is -0.338 e. The van der Waals surface area contributed by atoms with Crippen molar-refractivity contribution in [1.82, 2.24) is 4.90 Å². The van der Waals surface area contributed by atoms with E-state index in [1.54, 1.807) is 12.1 Å². The van der Waals surface area contributed by atoms with Crippen LogP contribution >= 0.6 is 11.6 Å². The molecular formula is C17H16ClNO. The van der Waals surface area contributed by atoms with Gasteiger partial charge in [-0.1, -0.05) is 54.1 Å². The highest BCUT2D eigenvalue weighted by Crippen LogP contribution is 2.29. The second-order valence-corrected chi connectivity index (χ2v) is 5.53. The van der Waals surface area contributed by atoms with Crippen molar-refractivity contribution in [3.8, 4) is 0 Å². The van der Waals surface area contributed by atoms with Gasteiger partial charge in [-0.15, -0.1) is 0 Å². The standard InChI is InChI=1S/C17H16ClNO/c18-16-9-5-4-8-15(16)17(20)19-11-10-14(12-19)13-6-2-1-3-7-13/h1-9,14H,10-12H2. The molecule has 2 nitrogen and oxygen atoms in total. The SMILES string of the molecule is O=C(c1ccccc1Cl)N1CCC(c2ccccc2)C1. The molecule has 1 aliphatic rings. The number of nitrogens with zero attached hydrogens (tertiary/aromatic N) is 1. The maximum Gasteiger partial charge on any atom is 0.255 e. The second-order valence-electron chi connectivity index (χ2n) is 5.13. The van der Waals surface area contributed by atoms with Crippen LogP contribution < -0.4 is 0 Å². The van der Waals surface area contributed by atoms with Crippen molar-refractivity contribution in [2.24, 2.45) is 0 Å². The van der Waals surface area contributed by atoms with Gasteiger partial charge in [-0.2, -0.15) is 0 Å². The van der Waals surface area contributed by atoms with E-state index in [0.717, 1.165) is 19.5 Å². The largest absolute Gasteiger partial charge is 0.338 e. The number of likely N-dealkylation sites (tertiary alicyclic amines) is 1. The fourth-order valence-electron chi connectivity index (χ4n) is 2.75. The zero-order chi connectivity index (χ0) is 13.9. The highest BCUT2D eigenvalue weighted by atomic mass is 35.5. The third kappa shape index (κ3) is 2.56. The molecule has 1 amide bonds. The lowest BCUT2D eigenvalue weighted by molar-refractivity contribution is 0.0791. The van der Waals surface area contributed by atoms with Gasteiger partial charge in [-0.25, -0.2) is 0 Å². The minimum atomic E-state index is 0.0361. The van der Waals surface area contributed by atoms with Crippen molar-refractivity contribution in [3.05, 3.63) is 70.7 Å². The van der Waals surface area contributed by atoms with Gasteiger partial charge in [0.1, 0.15) is 0 Å². The Labute approximate surface area is 124 Å². The van der Waals surface area contributed by atoms with Gasteiger partial charge >= 0.3 is 0 Å².